The topological polar surface area (TPSA) is 63.5 Å². The summed E-state index contributed by atoms with van der Waals surface area (Å²) in [4.78, 5) is 12.9. The first-order chi connectivity index (χ1) is 15.2. The van der Waals surface area contributed by atoms with E-state index in [1.807, 2.05) is 0 Å². The molecule has 2 aromatic carbocycles. The standard InChI is InChI=1S/C22H19BrF4N2O3/c1-12-7-19(32-11-13-3-4-14(24)8-16(13)25)20(23)22(31)29(12)21-17(26)9-15(10-18(21)27)28-5-2-6-30/h3-4,7-10,28,30H,2,5-6,11H2,1H3. The van der Waals surface area contributed by atoms with Crippen LogP contribution in [0.25, 0.3) is 5.69 Å². The van der Waals surface area contributed by atoms with E-state index < -0.39 is 34.5 Å². The summed E-state index contributed by atoms with van der Waals surface area (Å²) in [6.45, 7) is 1.43. The molecule has 0 radical (unpaired) electrons. The van der Waals surface area contributed by atoms with E-state index in [9.17, 15) is 22.4 Å². The minimum absolute atomic E-state index is 0.0376. The summed E-state index contributed by atoms with van der Waals surface area (Å²) >= 11 is 3.08. The van der Waals surface area contributed by atoms with Crippen molar-refractivity contribution < 1.29 is 27.4 Å². The number of hydrogen-bond acceptors (Lipinski definition) is 4. The minimum atomic E-state index is -0.962. The van der Waals surface area contributed by atoms with E-state index in [2.05, 4.69) is 21.2 Å². The van der Waals surface area contributed by atoms with E-state index in [0.717, 1.165) is 22.8 Å². The Labute approximate surface area is 189 Å². The van der Waals surface area contributed by atoms with Gasteiger partial charge in [0, 0.05) is 42.2 Å². The summed E-state index contributed by atoms with van der Waals surface area (Å²) in [5.74, 6) is -3.42. The van der Waals surface area contributed by atoms with Crippen LogP contribution in [0.5, 0.6) is 5.75 Å². The predicted molar refractivity (Wildman–Crippen MR) is 115 cm³/mol. The second-order valence-corrected chi connectivity index (χ2v) is 7.71. The molecule has 0 saturated carbocycles. The maximum Gasteiger partial charge on any atom is 0.273 e. The number of hydrogen-bond donors (Lipinski definition) is 2. The Kier molecular flexibility index (Phi) is 7.57. The number of rotatable bonds is 8. The van der Waals surface area contributed by atoms with Crippen LogP contribution in [0.1, 0.15) is 17.7 Å². The van der Waals surface area contributed by atoms with Gasteiger partial charge in [-0.25, -0.2) is 17.6 Å². The molecule has 3 aromatic rings. The fraction of sp³-hybridized carbons (Fsp3) is 0.227. The van der Waals surface area contributed by atoms with Gasteiger partial charge in [0.2, 0.25) is 0 Å². The van der Waals surface area contributed by atoms with Crippen LogP contribution in [-0.4, -0.2) is 22.8 Å². The smallest absolute Gasteiger partial charge is 0.273 e. The van der Waals surface area contributed by atoms with Crippen molar-refractivity contribution in [1.29, 1.82) is 0 Å². The molecule has 0 amide bonds. The number of pyridine rings is 1. The molecule has 0 atom stereocenters. The van der Waals surface area contributed by atoms with Gasteiger partial charge in [0.15, 0.2) is 11.6 Å². The van der Waals surface area contributed by atoms with Gasteiger partial charge in [-0.2, -0.15) is 0 Å². The van der Waals surface area contributed by atoms with Crippen molar-refractivity contribution in [3.05, 3.63) is 85.8 Å². The first-order valence-electron chi connectivity index (χ1n) is 9.56. The normalized spacial score (nSPS) is 11.0. The number of aliphatic hydroxyl groups is 1. The van der Waals surface area contributed by atoms with Crippen LogP contribution in [0, 0.1) is 30.2 Å². The highest BCUT2D eigenvalue weighted by molar-refractivity contribution is 9.10. The van der Waals surface area contributed by atoms with Crippen molar-refractivity contribution in [2.24, 2.45) is 0 Å². The fourth-order valence-electron chi connectivity index (χ4n) is 3.05. The Bertz CT molecular complexity index is 1180. The molecule has 0 unspecified atom stereocenters. The molecule has 0 aliphatic heterocycles. The molecule has 1 aromatic heterocycles. The molecule has 170 valence electrons. The highest BCUT2D eigenvalue weighted by Crippen LogP contribution is 2.28. The number of anilines is 1. The second-order valence-electron chi connectivity index (χ2n) is 6.92. The van der Waals surface area contributed by atoms with Crippen LogP contribution < -0.4 is 15.6 Å². The molecule has 3 rings (SSSR count). The molecule has 0 saturated heterocycles. The second kappa shape index (κ2) is 10.2. The number of aromatic nitrogens is 1. The summed E-state index contributed by atoms with van der Waals surface area (Å²) in [7, 11) is 0. The van der Waals surface area contributed by atoms with Gasteiger partial charge in [0.1, 0.15) is 34.2 Å². The summed E-state index contributed by atoms with van der Waals surface area (Å²) < 4.78 is 62.6. The number of halogens is 5. The van der Waals surface area contributed by atoms with E-state index in [0.29, 0.717) is 19.0 Å². The third kappa shape index (κ3) is 5.13. The Morgan fingerprint density at radius 1 is 1.06 bits per heavy atom. The van der Waals surface area contributed by atoms with Crippen molar-refractivity contribution in [1.82, 2.24) is 4.57 Å². The zero-order chi connectivity index (χ0) is 23.4. The average molecular weight is 515 g/mol. The number of nitrogens with zero attached hydrogens (tertiary/aromatic N) is 1. The Morgan fingerprint density at radius 2 is 1.75 bits per heavy atom. The van der Waals surface area contributed by atoms with Gasteiger partial charge in [-0.3, -0.25) is 9.36 Å². The average Bonchev–Trinajstić information content (AvgIpc) is 2.73. The van der Waals surface area contributed by atoms with Gasteiger partial charge in [-0.1, -0.05) is 0 Å². The zero-order valence-corrected chi connectivity index (χ0v) is 18.5. The summed E-state index contributed by atoms with van der Waals surface area (Å²) in [6.07, 6.45) is 0.403. The quantitative estimate of drug-likeness (QED) is 0.333. The third-order valence-electron chi connectivity index (χ3n) is 4.60. The number of aryl methyl sites for hydroxylation is 1. The highest BCUT2D eigenvalue weighted by Gasteiger charge is 2.20. The Morgan fingerprint density at radius 3 is 2.38 bits per heavy atom. The van der Waals surface area contributed by atoms with Gasteiger partial charge in [0.05, 0.1) is 0 Å². The van der Waals surface area contributed by atoms with Gasteiger partial charge in [-0.05, 0) is 53.5 Å². The third-order valence-corrected chi connectivity index (χ3v) is 5.33. The van der Waals surface area contributed by atoms with E-state index in [-0.39, 0.29) is 40.4 Å². The molecule has 5 nitrogen and oxygen atoms in total. The molecule has 2 N–H and O–H groups in total. The lowest BCUT2D eigenvalue weighted by Gasteiger charge is -2.17. The van der Waals surface area contributed by atoms with Crippen molar-refractivity contribution >= 4 is 21.6 Å². The van der Waals surface area contributed by atoms with E-state index in [1.165, 1.54) is 19.1 Å². The lowest BCUT2D eigenvalue weighted by Crippen LogP contribution is -2.24. The molecular formula is C22H19BrF4N2O3. The molecule has 0 fully saturated rings. The summed E-state index contributed by atoms with van der Waals surface area (Å²) in [5.41, 5.74) is -0.924. The lowest BCUT2D eigenvalue weighted by atomic mass is 10.2. The van der Waals surface area contributed by atoms with Gasteiger partial charge >= 0.3 is 0 Å². The largest absolute Gasteiger partial charge is 0.487 e. The number of nitrogens with one attached hydrogen (secondary N) is 1. The molecule has 0 aliphatic rings. The number of ether oxygens (including phenoxy) is 1. The molecular weight excluding hydrogens is 496 g/mol. The predicted octanol–water partition coefficient (Wildman–Crippen LogP) is 4.84. The molecule has 0 aliphatic carbocycles. The van der Waals surface area contributed by atoms with Crippen molar-refractivity contribution in [2.75, 3.05) is 18.5 Å². The van der Waals surface area contributed by atoms with E-state index in [4.69, 9.17) is 9.84 Å². The summed E-state index contributed by atoms with van der Waals surface area (Å²) in [5, 5.41) is 11.6. The van der Waals surface area contributed by atoms with Gasteiger partial charge in [0.25, 0.3) is 5.56 Å². The molecule has 0 spiro atoms. The zero-order valence-electron chi connectivity index (χ0n) is 16.9. The molecule has 10 heteroatoms. The molecule has 0 bridgehead atoms. The highest BCUT2D eigenvalue weighted by atomic mass is 79.9. The maximum atomic E-state index is 14.7. The monoisotopic (exact) mass is 514 g/mol. The first kappa shape index (κ1) is 23.8. The molecule has 32 heavy (non-hydrogen) atoms. The first-order valence-corrected chi connectivity index (χ1v) is 10.3. The number of aliphatic hydroxyl groups excluding tert-OH is 1. The Hall–Kier alpha value is -2.85. The van der Waals surface area contributed by atoms with Gasteiger partial charge in [-0.15, -0.1) is 0 Å². The van der Waals surface area contributed by atoms with Crippen LogP contribution in [0.4, 0.5) is 23.2 Å². The summed E-state index contributed by atoms with van der Waals surface area (Å²) in [6, 6.07) is 6.49. The van der Waals surface area contributed by atoms with Crippen LogP contribution in [0.15, 0.2) is 45.7 Å². The maximum absolute atomic E-state index is 14.7. The van der Waals surface area contributed by atoms with Crippen LogP contribution >= 0.6 is 15.9 Å². The minimum Gasteiger partial charge on any atom is -0.487 e. The number of benzene rings is 2. The van der Waals surface area contributed by atoms with Crippen molar-refractivity contribution in [2.45, 2.75) is 20.0 Å². The Balaban J connectivity index is 1.93. The lowest BCUT2D eigenvalue weighted by molar-refractivity contribution is 0.292. The van der Waals surface area contributed by atoms with Crippen LogP contribution in [0.2, 0.25) is 0 Å². The molecule has 1 heterocycles. The van der Waals surface area contributed by atoms with E-state index >= 15 is 0 Å². The SMILES string of the molecule is Cc1cc(OCc2ccc(F)cc2F)c(Br)c(=O)n1-c1c(F)cc(NCCCO)cc1F. The van der Waals surface area contributed by atoms with Crippen LogP contribution in [-0.2, 0) is 6.61 Å². The van der Waals surface area contributed by atoms with Crippen molar-refractivity contribution in [3.63, 3.8) is 0 Å². The van der Waals surface area contributed by atoms with Gasteiger partial charge < -0.3 is 15.2 Å². The van der Waals surface area contributed by atoms with E-state index in [1.54, 1.807) is 0 Å². The van der Waals surface area contributed by atoms with Crippen molar-refractivity contribution in [3.8, 4) is 11.4 Å². The van der Waals surface area contributed by atoms with Crippen LogP contribution in [0.3, 0.4) is 0 Å². The fourth-order valence-corrected chi connectivity index (χ4v) is 3.46.